The van der Waals surface area contributed by atoms with Crippen LogP contribution in [0.1, 0.15) is 16.8 Å². The molecule has 0 bridgehead atoms. The molecule has 6 heteroatoms. The molecule has 0 atom stereocenters. The zero-order valence-corrected chi connectivity index (χ0v) is 9.78. The molecule has 2 N–H and O–H groups in total. The first-order valence-corrected chi connectivity index (χ1v) is 5.42. The predicted octanol–water partition coefficient (Wildman–Crippen LogP) is 3.01. The molecule has 3 nitrogen and oxygen atoms in total. The largest absolute Gasteiger partial charge is 0.416 e. The summed E-state index contributed by atoms with van der Waals surface area (Å²) >= 11 is 0. The van der Waals surface area contributed by atoms with Crippen LogP contribution >= 0.6 is 0 Å². The summed E-state index contributed by atoms with van der Waals surface area (Å²) in [6, 6.07) is 8.39. The second kappa shape index (κ2) is 4.69. The standard InChI is InChI=1S/C13H10F3N3/c14-13(15,16)10-3-4-12(18)9(6-10)8-19-5-1-2-11(19)7-17/h1-6H,8,18H2. The first-order chi connectivity index (χ1) is 8.91. The maximum atomic E-state index is 12.6. The van der Waals surface area contributed by atoms with Crippen LogP contribution in [0.3, 0.4) is 0 Å². The van der Waals surface area contributed by atoms with Crippen molar-refractivity contribution in [1.82, 2.24) is 4.57 Å². The van der Waals surface area contributed by atoms with Crippen molar-refractivity contribution in [3.8, 4) is 6.07 Å². The molecule has 0 aliphatic carbocycles. The van der Waals surface area contributed by atoms with E-state index in [1.807, 2.05) is 6.07 Å². The van der Waals surface area contributed by atoms with Gasteiger partial charge in [-0.05, 0) is 35.9 Å². The molecule has 0 radical (unpaired) electrons. The van der Waals surface area contributed by atoms with E-state index in [1.165, 1.54) is 6.07 Å². The van der Waals surface area contributed by atoms with Crippen molar-refractivity contribution in [2.24, 2.45) is 0 Å². The molecule has 0 fully saturated rings. The van der Waals surface area contributed by atoms with Gasteiger partial charge in [-0.3, -0.25) is 0 Å². The zero-order valence-electron chi connectivity index (χ0n) is 9.78. The highest BCUT2D eigenvalue weighted by molar-refractivity contribution is 5.49. The van der Waals surface area contributed by atoms with Crippen LogP contribution in [0.2, 0.25) is 0 Å². The summed E-state index contributed by atoms with van der Waals surface area (Å²) in [6.07, 6.45) is -2.78. The van der Waals surface area contributed by atoms with Crippen LogP contribution in [0.4, 0.5) is 18.9 Å². The third-order valence-electron chi connectivity index (χ3n) is 2.76. The Morgan fingerprint density at radius 3 is 2.63 bits per heavy atom. The van der Waals surface area contributed by atoms with E-state index in [0.29, 0.717) is 11.3 Å². The molecule has 2 aromatic rings. The van der Waals surface area contributed by atoms with Crippen molar-refractivity contribution in [1.29, 1.82) is 5.26 Å². The number of anilines is 1. The quantitative estimate of drug-likeness (QED) is 0.848. The van der Waals surface area contributed by atoms with Crippen molar-refractivity contribution in [2.45, 2.75) is 12.7 Å². The SMILES string of the molecule is N#Cc1cccn1Cc1cc(C(F)(F)F)ccc1N. The van der Waals surface area contributed by atoms with Crippen LogP contribution in [0.15, 0.2) is 36.5 Å². The average molecular weight is 265 g/mol. The molecule has 1 heterocycles. The van der Waals surface area contributed by atoms with Gasteiger partial charge < -0.3 is 10.3 Å². The molecule has 2 rings (SSSR count). The number of benzene rings is 1. The third-order valence-corrected chi connectivity index (χ3v) is 2.76. The minimum atomic E-state index is -4.41. The van der Waals surface area contributed by atoms with Crippen molar-refractivity contribution in [3.05, 3.63) is 53.3 Å². The maximum Gasteiger partial charge on any atom is 0.416 e. The molecule has 19 heavy (non-hydrogen) atoms. The fraction of sp³-hybridized carbons (Fsp3) is 0.154. The van der Waals surface area contributed by atoms with Crippen LogP contribution in [-0.4, -0.2) is 4.57 Å². The lowest BCUT2D eigenvalue weighted by Gasteiger charge is -2.12. The van der Waals surface area contributed by atoms with Crippen LogP contribution in [-0.2, 0) is 12.7 Å². The van der Waals surface area contributed by atoms with Gasteiger partial charge in [-0.15, -0.1) is 0 Å². The molecule has 1 aromatic heterocycles. The summed E-state index contributed by atoms with van der Waals surface area (Å²) in [5.41, 5.74) is 5.91. The smallest absolute Gasteiger partial charge is 0.398 e. The van der Waals surface area contributed by atoms with Gasteiger partial charge in [0.1, 0.15) is 11.8 Å². The monoisotopic (exact) mass is 265 g/mol. The molecule has 0 aliphatic rings. The van der Waals surface area contributed by atoms with Crippen LogP contribution in [0.5, 0.6) is 0 Å². The lowest BCUT2D eigenvalue weighted by Crippen LogP contribution is -2.09. The number of rotatable bonds is 2. The number of aromatic nitrogens is 1. The summed E-state index contributed by atoms with van der Waals surface area (Å²) in [6.45, 7) is 0.131. The Kier molecular flexibility index (Phi) is 3.21. The van der Waals surface area contributed by atoms with Gasteiger partial charge in [0, 0.05) is 11.9 Å². The number of nitrogen functional groups attached to an aromatic ring is 1. The van der Waals surface area contributed by atoms with Crippen molar-refractivity contribution >= 4 is 5.69 Å². The molecule has 0 saturated heterocycles. The van der Waals surface area contributed by atoms with Crippen LogP contribution in [0, 0.1) is 11.3 Å². The highest BCUT2D eigenvalue weighted by Gasteiger charge is 2.30. The third kappa shape index (κ3) is 2.71. The number of hydrogen-bond acceptors (Lipinski definition) is 2. The van der Waals surface area contributed by atoms with Gasteiger partial charge in [0.2, 0.25) is 0 Å². The molecule has 0 amide bonds. The normalized spacial score (nSPS) is 11.3. The van der Waals surface area contributed by atoms with Crippen molar-refractivity contribution < 1.29 is 13.2 Å². The summed E-state index contributed by atoms with van der Waals surface area (Å²) in [5.74, 6) is 0. The molecular formula is C13H10F3N3. The van der Waals surface area contributed by atoms with E-state index in [-0.39, 0.29) is 12.2 Å². The Morgan fingerprint density at radius 1 is 1.26 bits per heavy atom. The summed E-state index contributed by atoms with van der Waals surface area (Å²) in [7, 11) is 0. The lowest BCUT2D eigenvalue weighted by atomic mass is 10.1. The number of alkyl halides is 3. The minimum Gasteiger partial charge on any atom is -0.398 e. The first-order valence-electron chi connectivity index (χ1n) is 5.42. The molecule has 0 aliphatic heterocycles. The zero-order chi connectivity index (χ0) is 14.0. The number of nitriles is 1. The number of nitrogens with two attached hydrogens (primary N) is 1. The fourth-order valence-electron chi connectivity index (χ4n) is 1.76. The topological polar surface area (TPSA) is 54.7 Å². The Balaban J connectivity index is 2.38. The van der Waals surface area contributed by atoms with E-state index >= 15 is 0 Å². The van der Waals surface area contributed by atoms with Gasteiger partial charge in [0.05, 0.1) is 12.1 Å². The molecular weight excluding hydrogens is 255 g/mol. The van der Waals surface area contributed by atoms with Crippen molar-refractivity contribution in [2.75, 3.05) is 5.73 Å². The van der Waals surface area contributed by atoms with Crippen molar-refractivity contribution in [3.63, 3.8) is 0 Å². The minimum absolute atomic E-state index is 0.131. The molecule has 0 saturated carbocycles. The average Bonchev–Trinajstić information content (AvgIpc) is 2.77. The Labute approximate surface area is 107 Å². The number of nitrogens with zero attached hydrogens (tertiary/aromatic N) is 2. The van der Waals surface area contributed by atoms with Gasteiger partial charge in [-0.1, -0.05) is 0 Å². The van der Waals surface area contributed by atoms with Gasteiger partial charge in [-0.25, -0.2) is 0 Å². The van der Waals surface area contributed by atoms with Gasteiger partial charge in [0.25, 0.3) is 0 Å². The highest BCUT2D eigenvalue weighted by Crippen LogP contribution is 2.31. The summed E-state index contributed by atoms with van der Waals surface area (Å²) in [4.78, 5) is 0. The van der Waals surface area contributed by atoms with E-state index in [4.69, 9.17) is 11.0 Å². The number of halogens is 3. The maximum absolute atomic E-state index is 12.6. The van der Waals surface area contributed by atoms with Gasteiger partial charge in [-0.2, -0.15) is 18.4 Å². The first kappa shape index (κ1) is 13.0. The van der Waals surface area contributed by atoms with Crippen LogP contribution < -0.4 is 5.73 Å². The Bertz CT molecular complexity index is 635. The summed E-state index contributed by atoms with van der Waals surface area (Å²) < 4.78 is 39.4. The molecule has 0 spiro atoms. The van der Waals surface area contributed by atoms with E-state index in [1.54, 1.807) is 22.9 Å². The second-order valence-electron chi connectivity index (χ2n) is 4.04. The summed E-state index contributed by atoms with van der Waals surface area (Å²) in [5, 5.41) is 8.86. The molecule has 1 aromatic carbocycles. The second-order valence-corrected chi connectivity index (χ2v) is 4.04. The lowest BCUT2D eigenvalue weighted by molar-refractivity contribution is -0.137. The van der Waals surface area contributed by atoms with Gasteiger partial charge >= 0.3 is 6.18 Å². The predicted molar refractivity (Wildman–Crippen MR) is 64.1 cm³/mol. The Morgan fingerprint density at radius 2 is 2.00 bits per heavy atom. The fourth-order valence-corrected chi connectivity index (χ4v) is 1.76. The Hall–Kier alpha value is -2.42. The van der Waals surface area contributed by atoms with E-state index in [9.17, 15) is 13.2 Å². The van der Waals surface area contributed by atoms with E-state index in [2.05, 4.69) is 0 Å². The number of hydrogen-bond donors (Lipinski definition) is 1. The van der Waals surface area contributed by atoms with E-state index < -0.39 is 11.7 Å². The highest BCUT2D eigenvalue weighted by atomic mass is 19.4. The molecule has 0 unspecified atom stereocenters. The molecule has 98 valence electrons. The van der Waals surface area contributed by atoms with Gasteiger partial charge in [0.15, 0.2) is 0 Å². The van der Waals surface area contributed by atoms with Crippen LogP contribution in [0.25, 0.3) is 0 Å². The van der Waals surface area contributed by atoms with E-state index in [0.717, 1.165) is 12.1 Å².